The molecule has 0 aromatic heterocycles. The van der Waals surface area contributed by atoms with Gasteiger partial charge in [-0.15, -0.1) is 0 Å². The smallest absolute Gasteiger partial charge is 0.353 e. The summed E-state index contributed by atoms with van der Waals surface area (Å²) < 4.78 is 13.9. The third-order valence-electron chi connectivity index (χ3n) is 2.90. The molecule has 0 amide bonds. The Morgan fingerprint density at radius 1 is 0.769 bits per heavy atom. The number of rotatable bonds is 8. The van der Waals surface area contributed by atoms with Gasteiger partial charge in [-0.25, -0.2) is 14.4 Å². The zero-order valence-corrected chi connectivity index (χ0v) is 13.8. The number of hydrogen-bond donors (Lipinski definition) is 2. The number of carboxylic acids is 2. The molecule has 1 aromatic rings. The fraction of sp³-hybridized carbons (Fsp3) is 0.312. The molecule has 0 bridgehead atoms. The van der Waals surface area contributed by atoms with Gasteiger partial charge in [0.15, 0.2) is 0 Å². The maximum absolute atomic E-state index is 12.3. The van der Waals surface area contributed by atoms with Gasteiger partial charge in [-0.2, -0.15) is 0 Å². The van der Waals surface area contributed by atoms with Crippen molar-refractivity contribution in [3.8, 4) is 0 Å². The molecule has 0 aliphatic heterocycles. The number of benzene rings is 1. The molecule has 3 atom stereocenters. The summed E-state index contributed by atoms with van der Waals surface area (Å²) in [6.07, 6.45) is -6.16. The molecule has 0 fully saturated rings. The fourth-order valence-corrected chi connectivity index (χ4v) is 1.90. The van der Waals surface area contributed by atoms with Crippen LogP contribution in [0.2, 0.25) is 0 Å². The van der Waals surface area contributed by atoms with Crippen LogP contribution in [0.3, 0.4) is 0 Å². The van der Waals surface area contributed by atoms with E-state index in [1.165, 1.54) is 24.3 Å². The molecular weight excluding hydrogens is 352 g/mol. The van der Waals surface area contributed by atoms with Crippen molar-refractivity contribution in [1.29, 1.82) is 0 Å². The van der Waals surface area contributed by atoms with Crippen LogP contribution in [0.4, 0.5) is 0 Å². The number of ether oxygens (including phenoxy) is 3. The molecule has 10 nitrogen and oxygen atoms in total. The number of carbonyl (C=O) groups is 5. The molecule has 26 heavy (non-hydrogen) atoms. The van der Waals surface area contributed by atoms with Gasteiger partial charge in [-0.05, 0) is 0 Å². The summed E-state index contributed by atoms with van der Waals surface area (Å²) in [5.74, 6) is -6.93. The van der Waals surface area contributed by atoms with Crippen molar-refractivity contribution in [1.82, 2.24) is 0 Å². The van der Waals surface area contributed by atoms with Gasteiger partial charge in [0.1, 0.15) is 0 Å². The average Bonchev–Trinajstić information content (AvgIpc) is 2.55. The molecule has 0 heterocycles. The van der Waals surface area contributed by atoms with Gasteiger partial charge in [0, 0.05) is 19.4 Å². The van der Waals surface area contributed by atoms with Crippen molar-refractivity contribution >= 4 is 29.8 Å². The monoisotopic (exact) mass is 368 g/mol. The van der Waals surface area contributed by atoms with Crippen LogP contribution in [0.25, 0.3) is 0 Å². The van der Waals surface area contributed by atoms with Crippen molar-refractivity contribution in [3.05, 3.63) is 35.9 Å². The Hall–Kier alpha value is -3.43. The van der Waals surface area contributed by atoms with Crippen LogP contribution in [0.1, 0.15) is 25.5 Å². The summed E-state index contributed by atoms with van der Waals surface area (Å²) in [6.45, 7) is 1.77. The molecule has 0 saturated carbocycles. The molecule has 0 saturated heterocycles. The van der Waals surface area contributed by atoms with E-state index in [1.807, 2.05) is 0 Å². The SMILES string of the molecule is CC(=O)O[C@@H](C(=O)O)[C@@H](OC(C)=O)C(=O)O[C@H](C(=O)O)c1ccccc1. The van der Waals surface area contributed by atoms with Crippen LogP contribution in [0.15, 0.2) is 30.3 Å². The highest BCUT2D eigenvalue weighted by atomic mass is 16.6. The number of carboxylic acid groups (broad SMARTS) is 2. The summed E-state index contributed by atoms with van der Waals surface area (Å²) in [5.41, 5.74) is 0.0919. The molecule has 1 rings (SSSR count). The van der Waals surface area contributed by atoms with Crippen molar-refractivity contribution in [2.24, 2.45) is 0 Å². The van der Waals surface area contributed by atoms with E-state index in [0.717, 1.165) is 13.8 Å². The molecule has 0 unspecified atom stereocenters. The van der Waals surface area contributed by atoms with Crippen LogP contribution >= 0.6 is 0 Å². The van der Waals surface area contributed by atoms with Crippen LogP contribution in [-0.2, 0) is 38.2 Å². The van der Waals surface area contributed by atoms with Gasteiger partial charge in [0.2, 0.25) is 18.3 Å². The number of esters is 3. The van der Waals surface area contributed by atoms with Crippen LogP contribution in [-0.4, -0.2) is 52.3 Å². The fourth-order valence-electron chi connectivity index (χ4n) is 1.90. The first-order valence-electron chi connectivity index (χ1n) is 7.19. The number of carbonyl (C=O) groups excluding carboxylic acids is 3. The van der Waals surface area contributed by atoms with Crippen LogP contribution < -0.4 is 0 Å². The predicted octanol–water partition coefficient (Wildman–Crippen LogP) is 0.304. The van der Waals surface area contributed by atoms with Gasteiger partial charge in [-0.1, -0.05) is 30.3 Å². The molecule has 2 N–H and O–H groups in total. The molecule has 140 valence electrons. The highest BCUT2D eigenvalue weighted by Gasteiger charge is 2.42. The van der Waals surface area contributed by atoms with Crippen LogP contribution in [0.5, 0.6) is 0 Å². The highest BCUT2D eigenvalue weighted by molar-refractivity contribution is 5.89. The summed E-state index contributed by atoms with van der Waals surface area (Å²) in [6, 6.07) is 7.34. The predicted molar refractivity (Wildman–Crippen MR) is 81.7 cm³/mol. The first kappa shape index (κ1) is 20.6. The maximum atomic E-state index is 12.3. The quantitative estimate of drug-likeness (QED) is 0.484. The zero-order valence-electron chi connectivity index (χ0n) is 13.8. The Morgan fingerprint density at radius 2 is 1.27 bits per heavy atom. The molecule has 0 aliphatic rings. The largest absolute Gasteiger partial charge is 0.478 e. The number of hydrogen-bond acceptors (Lipinski definition) is 8. The lowest BCUT2D eigenvalue weighted by atomic mass is 10.1. The molecule has 0 spiro atoms. The zero-order chi connectivity index (χ0) is 19.9. The molecule has 0 radical (unpaired) electrons. The van der Waals surface area contributed by atoms with Gasteiger partial charge in [-0.3, -0.25) is 9.59 Å². The third-order valence-corrected chi connectivity index (χ3v) is 2.90. The van der Waals surface area contributed by atoms with Gasteiger partial charge in [0.05, 0.1) is 0 Å². The Balaban J connectivity index is 3.14. The molecule has 1 aromatic carbocycles. The van der Waals surface area contributed by atoms with E-state index >= 15 is 0 Å². The lowest BCUT2D eigenvalue weighted by molar-refractivity contribution is -0.192. The van der Waals surface area contributed by atoms with Crippen molar-refractivity contribution < 1.29 is 48.4 Å². The van der Waals surface area contributed by atoms with Gasteiger partial charge in [0.25, 0.3) is 0 Å². The normalized spacial score (nSPS) is 13.6. The Labute approximate surface area is 147 Å². The molecule has 0 aliphatic carbocycles. The van der Waals surface area contributed by atoms with E-state index in [9.17, 15) is 29.1 Å². The van der Waals surface area contributed by atoms with E-state index in [-0.39, 0.29) is 5.56 Å². The summed E-state index contributed by atoms with van der Waals surface area (Å²) >= 11 is 0. The Morgan fingerprint density at radius 3 is 1.69 bits per heavy atom. The number of aliphatic carboxylic acids is 2. The first-order valence-corrected chi connectivity index (χ1v) is 7.19. The summed E-state index contributed by atoms with van der Waals surface area (Å²) in [7, 11) is 0. The van der Waals surface area contributed by atoms with Crippen LogP contribution in [0, 0.1) is 0 Å². The minimum absolute atomic E-state index is 0.0919. The third kappa shape index (κ3) is 5.89. The van der Waals surface area contributed by atoms with Crippen molar-refractivity contribution in [2.75, 3.05) is 0 Å². The first-order chi connectivity index (χ1) is 12.1. The second-order valence-electron chi connectivity index (χ2n) is 4.96. The van der Waals surface area contributed by atoms with Gasteiger partial charge < -0.3 is 24.4 Å². The van der Waals surface area contributed by atoms with E-state index in [0.29, 0.717) is 0 Å². The molecular formula is C16H16O10. The minimum Gasteiger partial charge on any atom is -0.478 e. The van der Waals surface area contributed by atoms with E-state index in [2.05, 4.69) is 9.47 Å². The maximum Gasteiger partial charge on any atom is 0.353 e. The van der Waals surface area contributed by atoms with Crippen molar-refractivity contribution in [3.63, 3.8) is 0 Å². The molecule has 10 heteroatoms. The average molecular weight is 368 g/mol. The Bertz CT molecular complexity index is 696. The van der Waals surface area contributed by atoms with E-state index in [4.69, 9.17) is 9.84 Å². The second kappa shape index (κ2) is 9.16. The second-order valence-corrected chi connectivity index (χ2v) is 4.96. The minimum atomic E-state index is -2.20. The van der Waals surface area contributed by atoms with Gasteiger partial charge >= 0.3 is 29.8 Å². The Kier molecular flexibility index (Phi) is 7.26. The summed E-state index contributed by atoms with van der Waals surface area (Å²) in [4.78, 5) is 57.1. The van der Waals surface area contributed by atoms with Crippen molar-refractivity contribution in [2.45, 2.75) is 32.2 Å². The van der Waals surface area contributed by atoms with E-state index < -0.39 is 48.2 Å². The lowest BCUT2D eigenvalue weighted by Gasteiger charge is -2.23. The standard InChI is InChI=1S/C16H16O10/c1-8(17)24-12(15(21)22)13(25-9(2)18)16(23)26-11(14(19)20)10-6-4-3-5-7-10/h3-7,11-13H,1-2H3,(H,19,20)(H,21,22)/t11-,12+,13+/m0/s1. The summed E-state index contributed by atoms with van der Waals surface area (Å²) in [5, 5.41) is 18.4. The lowest BCUT2D eigenvalue weighted by Crippen LogP contribution is -2.46. The highest BCUT2D eigenvalue weighted by Crippen LogP contribution is 2.20. The topological polar surface area (TPSA) is 154 Å². The van der Waals surface area contributed by atoms with E-state index in [1.54, 1.807) is 6.07 Å².